The lowest BCUT2D eigenvalue weighted by atomic mass is 9.89. The summed E-state index contributed by atoms with van der Waals surface area (Å²) in [7, 11) is 0. The Balaban J connectivity index is 1.90. The predicted molar refractivity (Wildman–Crippen MR) is 93.0 cm³/mol. The predicted octanol–water partition coefficient (Wildman–Crippen LogP) is 0.254. The van der Waals surface area contributed by atoms with Crippen LogP contribution in [0.1, 0.15) is 19.4 Å². The first kappa shape index (κ1) is 19.0. The molecule has 0 bridgehead atoms. The molecule has 2 heterocycles. The zero-order chi connectivity index (χ0) is 19.6. The second-order valence-electron chi connectivity index (χ2n) is 6.43. The summed E-state index contributed by atoms with van der Waals surface area (Å²) in [5.74, 6) is -4.22. The fourth-order valence-corrected chi connectivity index (χ4v) is 3.69. The van der Waals surface area contributed by atoms with Crippen molar-refractivity contribution in [1.82, 2.24) is 10.2 Å². The largest absolute Gasteiger partial charge is 0.465 e. The lowest BCUT2D eigenvalue weighted by Crippen LogP contribution is -2.48. The lowest BCUT2D eigenvalue weighted by molar-refractivity contribution is -0.152. The Bertz CT molecular complexity index is 708. The lowest BCUT2D eigenvalue weighted by Gasteiger charge is -2.21. The molecule has 8 heteroatoms. The minimum Gasteiger partial charge on any atom is -0.465 e. The minimum absolute atomic E-state index is 0.0938. The molecule has 4 atom stereocenters. The van der Waals surface area contributed by atoms with Crippen LogP contribution in [-0.4, -0.2) is 54.0 Å². The van der Waals surface area contributed by atoms with Gasteiger partial charge in [-0.05, 0) is 19.4 Å². The summed E-state index contributed by atoms with van der Waals surface area (Å²) in [4.78, 5) is 51.6. The molecule has 0 aliphatic carbocycles. The van der Waals surface area contributed by atoms with Crippen molar-refractivity contribution in [2.45, 2.75) is 32.5 Å². The molecule has 0 unspecified atom stereocenters. The number of carbonyl (C=O) groups excluding carboxylic acids is 4. The average molecular weight is 374 g/mol. The van der Waals surface area contributed by atoms with Gasteiger partial charge in [0.2, 0.25) is 11.8 Å². The van der Waals surface area contributed by atoms with Gasteiger partial charge in [0.1, 0.15) is 12.1 Å². The first-order valence-corrected chi connectivity index (χ1v) is 8.98. The molecule has 0 aromatic heterocycles. The Morgan fingerprint density at radius 1 is 0.926 bits per heavy atom. The van der Waals surface area contributed by atoms with E-state index in [2.05, 4.69) is 5.32 Å². The van der Waals surface area contributed by atoms with Crippen molar-refractivity contribution in [3.05, 3.63) is 35.9 Å². The van der Waals surface area contributed by atoms with E-state index in [-0.39, 0.29) is 19.8 Å². The van der Waals surface area contributed by atoms with Crippen molar-refractivity contribution in [2.75, 3.05) is 13.2 Å². The van der Waals surface area contributed by atoms with E-state index in [0.717, 1.165) is 10.5 Å². The van der Waals surface area contributed by atoms with Gasteiger partial charge in [-0.1, -0.05) is 30.3 Å². The molecule has 0 radical (unpaired) electrons. The van der Waals surface area contributed by atoms with Gasteiger partial charge in [-0.2, -0.15) is 0 Å². The van der Waals surface area contributed by atoms with Crippen LogP contribution < -0.4 is 5.32 Å². The van der Waals surface area contributed by atoms with Crippen LogP contribution in [0.5, 0.6) is 0 Å². The van der Waals surface area contributed by atoms with Crippen molar-refractivity contribution in [3.8, 4) is 0 Å². The highest BCUT2D eigenvalue weighted by Gasteiger charge is 2.63. The molecular formula is C19H22N2O6. The number of hydrogen-bond donors (Lipinski definition) is 1. The van der Waals surface area contributed by atoms with E-state index in [1.54, 1.807) is 26.0 Å². The van der Waals surface area contributed by atoms with Gasteiger partial charge in [-0.15, -0.1) is 0 Å². The molecule has 1 N–H and O–H groups in total. The van der Waals surface area contributed by atoms with Crippen molar-refractivity contribution >= 4 is 23.8 Å². The van der Waals surface area contributed by atoms with Crippen LogP contribution >= 0.6 is 0 Å². The highest BCUT2D eigenvalue weighted by molar-refractivity contribution is 6.10. The van der Waals surface area contributed by atoms with Crippen LogP contribution in [0.4, 0.5) is 0 Å². The second kappa shape index (κ2) is 7.87. The van der Waals surface area contributed by atoms with Crippen LogP contribution in [0.3, 0.4) is 0 Å². The number of likely N-dealkylation sites (tertiary alicyclic amines) is 1. The molecule has 2 fully saturated rings. The molecule has 27 heavy (non-hydrogen) atoms. The molecule has 8 nitrogen and oxygen atoms in total. The summed E-state index contributed by atoms with van der Waals surface area (Å²) < 4.78 is 10.0. The van der Waals surface area contributed by atoms with Crippen LogP contribution in [0.2, 0.25) is 0 Å². The van der Waals surface area contributed by atoms with E-state index in [9.17, 15) is 19.2 Å². The monoisotopic (exact) mass is 374 g/mol. The van der Waals surface area contributed by atoms with Gasteiger partial charge < -0.3 is 9.47 Å². The maximum atomic E-state index is 13.0. The van der Waals surface area contributed by atoms with Crippen molar-refractivity contribution in [3.63, 3.8) is 0 Å². The number of nitrogens with one attached hydrogen (secondary N) is 1. The van der Waals surface area contributed by atoms with Gasteiger partial charge in [0.15, 0.2) is 0 Å². The molecule has 2 saturated heterocycles. The van der Waals surface area contributed by atoms with Crippen LogP contribution in [-0.2, 0) is 35.2 Å². The van der Waals surface area contributed by atoms with Gasteiger partial charge in [-0.3, -0.25) is 29.4 Å². The minimum atomic E-state index is -1.05. The molecule has 0 spiro atoms. The summed E-state index contributed by atoms with van der Waals surface area (Å²) in [6.45, 7) is 3.66. The number of rotatable bonds is 6. The maximum absolute atomic E-state index is 13.0. The van der Waals surface area contributed by atoms with E-state index in [0.29, 0.717) is 0 Å². The summed E-state index contributed by atoms with van der Waals surface area (Å²) in [5.41, 5.74) is 0.785. The molecule has 1 aromatic carbocycles. The summed E-state index contributed by atoms with van der Waals surface area (Å²) in [5, 5.41) is 2.79. The van der Waals surface area contributed by atoms with E-state index in [4.69, 9.17) is 9.47 Å². The molecule has 1 aromatic rings. The van der Waals surface area contributed by atoms with E-state index in [1.807, 2.05) is 18.2 Å². The highest BCUT2D eigenvalue weighted by atomic mass is 16.5. The van der Waals surface area contributed by atoms with E-state index >= 15 is 0 Å². The Labute approximate surface area is 156 Å². The molecule has 2 aliphatic heterocycles. The molecule has 144 valence electrons. The number of benzene rings is 1. The van der Waals surface area contributed by atoms with Gasteiger partial charge >= 0.3 is 11.9 Å². The van der Waals surface area contributed by atoms with Gasteiger partial charge in [0, 0.05) is 0 Å². The van der Waals surface area contributed by atoms with Crippen molar-refractivity contribution < 1.29 is 28.7 Å². The number of hydrogen-bond acceptors (Lipinski definition) is 7. The number of fused-ring (bicyclic) bond motifs is 1. The first-order valence-electron chi connectivity index (χ1n) is 8.98. The topological polar surface area (TPSA) is 102 Å². The van der Waals surface area contributed by atoms with Crippen LogP contribution in [0.25, 0.3) is 0 Å². The first-order chi connectivity index (χ1) is 13.0. The normalized spacial score (nSPS) is 26.8. The SMILES string of the molecule is CCOC(=O)[C@H]1N[C@@H](C(=O)OCC)[C@H]2C(=O)N(Cc3ccccc3)C(=O)[C@H]21. The smallest absolute Gasteiger partial charge is 0.324 e. The maximum Gasteiger partial charge on any atom is 0.324 e. The molecule has 3 rings (SSSR count). The van der Waals surface area contributed by atoms with E-state index in [1.165, 1.54) is 0 Å². The van der Waals surface area contributed by atoms with Crippen LogP contribution in [0, 0.1) is 11.8 Å². The zero-order valence-electron chi connectivity index (χ0n) is 15.2. The third-order valence-corrected chi connectivity index (χ3v) is 4.83. The summed E-state index contributed by atoms with van der Waals surface area (Å²) in [6.07, 6.45) is 0. The second-order valence-corrected chi connectivity index (χ2v) is 6.43. The van der Waals surface area contributed by atoms with Crippen molar-refractivity contribution in [1.29, 1.82) is 0 Å². The van der Waals surface area contributed by atoms with Gasteiger partial charge in [0.05, 0.1) is 31.6 Å². The standard InChI is InChI=1S/C19H22N2O6/c1-3-26-18(24)14-12-13(15(20-14)19(25)27-4-2)17(23)21(16(12)22)10-11-8-6-5-7-9-11/h5-9,12-15,20H,3-4,10H2,1-2H3/t12-,13+,14+,15-. The number of imide groups is 1. The molecule has 2 amide bonds. The number of esters is 2. The summed E-state index contributed by atoms with van der Waals surface area (Å²) in [6, 6.07) is 6.96. The number of ether oxygens (including phenoxy) is 2. The quantitative estimate of drug-likeness (QED) is 0.563. The van der Waals surface area contributed by atoms with Gasteiger partial charge in [-0.25, -0.2) is 0 Å². The third-order valence-electron chi connectivity index (χ3n) is 4.83. The van der Waals surface area contributed by atoms with Crippen molar-refractivity contribution in [2.24, 2.45) is 11.8 Å². The summed E-state index contributed by atoms with van der Waals surface area (Å²) >= 11 is 0. The number of carbonyl (C=O) groups is 4. The number of amides is 2. The Kier molecular flexibility index (Phi) is 5.55. The highest BCUT2D eigenvalue weighted by Crippen LogP contribution is 2.38. The zero-order valence-corrected chi connectivity index (χ0v) is 15.2. The fourth-order valence-electron chi connectivity index (χ4n) is 3.69. The molecule has 0 saturated carbocycles. The fraction of sp³-hybridized carbons (Fsp3) is 0.474. The molecular weight excluding hydrogens is 352 g/mol. The van der Waals surface area contributed by atoms with E-state index < -0.39 is 47.7 Å². The Morgan fingerprint density at radius 3 is 1.85 bits per heavy atom. The van der Waals surface area contributed by atoms with Crippen LogP contribution in [0.15, 0.2) is 30.3 Å². The third kappa shape index (κ3) is 3.44. The Hall–Kier alpha value is -2.74. The Morgan fingerprint density at radius 2 is 1.41 bits per heavy atom. The molecule has 2 aliphatic rings. The average Bonchev–Trinajstić information content (AvgIpc) is 3.16. The number of nitrogens with zero attached hydrogens (tertiary/aromatic N) is 1. The van der Waals surface area contributed by atoms with Gasteiger partial charge in [0.25, 0.3) is 0 Å².